The molecule has 0 radical (unpaired) electrons. The number of nitrogens with zero attached hydrogens (tertiary/aromatic N) is 3. The lowest BCUT2D eigenvalue weighted by Crippen LogP contribution is -2.10. The summed E-state index contributed by atoms with van der Waals surface area (Å²) in [5.41, 5.74) is 5.08. The fourth-order valence-electron chi connectivity index (χ4n) is 3.73. The van der Waals surface area contributed by atoms with Crippen LogP contribution < -0.4 is 4.90 Å². The molecule has 0 amide bonds. The van der Waals surface area contributed by atoms with Crippen molar-refractivity contribution in [1.82, 2.24) is 0 Å². The molecular weight excluding hydrogens is 406 g/mol. The molecule has 0 saturated heterocycles. The van der Waals surface area contributed by atoms with E-state index in [1.54, 1.807) is 6.08 Å². The van der Waals surface area contributed by atoms with Crippen LogP contribution in [0.1, 0.15) is 23.7 Å². The molecule has 4 heteroatoms. The molecule has 1 atom stereocenters. The standard InChI is InChI=1S/C29H23N3O/c1-31-28(21-30)24-19-27(33-29(20-24)23-9-5-3-6-10-23)18-15-22-13-16-26(17-14-22)32(2)25-11-7-4-8-12-25/h3-19,29H,20H2,2H3. The lowest BCUT2D eigenvalue weighted by molar-refractivity contribution is 0.118. The van der Waals surface area contributed by atoms with Crippen LogP contribution in [-0.2, 0) is 4.74 Å². The number of ether oxygens (including phenoxy) is 1. The molecule has 0 spiro atoms. The van der Waals surface area contributed by atoms with E-state index < -0.39 is 0 Å². The predicted molar refractivity (Wildman–Crippen MR) is 132 cm³/mol. The maximum Gasteiger partial charge on any atom is 0.265 e. The van der Waals surface area contributed by atoms with Crippen LogP contribution >= 0.6 is 0 Å². The molecule has 1 unspecified atom stereocenters. The summed E-state index contributed by atoms with van der Waals surface area (Å²) in [4.78, 5) is 5.54. The average Bonchev–Trinajstić information content (AvgIpc) is 2.89. The van der Waals surface area contributed by atoms with Gasteiger partial charge in [0.05, 0.1) is 12.6 Å². The first-order valence-corrected chi connectivity index (χ1v) is 10.7. The van der Waals surface area contributed by atoms with Gasteiger partial charge >= 0.3 is 0 Å². The van der Waals surface area contributed by atoms with Gasteiger partial charge in [-0.1, -0.05) is 66.7 Å². The number of nitriles is 1. The second kappa shape index (κ2) is 10.2. The van der Waals surface area contributed by atoms with Crippen molar-refractivity contribution in [2.75, 3.05) is 11.9 Å². The average molecular weight is 430 g/mol. The van der Waals surface area contributed by atoms with E-state index in [9.17, 15) is 5.26 Å². The number of hydrogen-bond acceptors (Lipinski definition) is 3. The minimum atomic E-state index is -0.238. The summed E-state index contributed by atoms with van der Waals surface area (Å²) in [5, 5.41) is 9.37. The third-order valence-electron chi connectivity index (χ3n) is 5.56. The topological polar surface area (TPSA) is 40.6 Å². The van der Waals surface area contributed by atoms with Crippen molar-refractivity contribution in [2.45, 2.75) is 12.5 Å². The van der Waals surface area contributed by atoms with E-state index in [-0.39, 0.29) is 11.8 Å². The number of benzene rings is 3. The number of hydrogen-bond donors (Lipinski definition) is 0. The van der Waals surface area contributed by atoms with Gasteiger partial charge in [0, 0.05) is 24.8 Å². The van der Waals surface area contributed by atoms with Crippen molar-refractivity contribution in [3.63, 3.8) is 0 Å². The van der Waals surface area contributed by atoms with Gasteiger partial charge in [0.15, 0.2) is 0 Å². The molecule has 4 rings (SSSR count). The zero-order valence-corrected chi connectivity index (χ0v) is 18.3. The molecule has 160 valence electrons. The molecule has 1 aliphatic rings. The fraction of sp³-hybridized carbons (Fsp3) is 0.103. The highest BCUT2D eigenvalue weighted by Gasteiger charge is 2.22. The molecule has 33 heavy (non-hydrogen) atoms. The number of rotatable bonds is 5. The quantitative estimate of drug-likeness (QED) is 0.318. The highest BCUT2D eigenvalue weighted by atomic mass is 16.5. The minimum absolute atomic E-state index is 0.110. The van der Waals surface area contributed by atoms with E-state index in [0.717, 1.165) is 22.5 Å². The molecule has 3 aromatic rings. The van der Waals surface area contributed by atoms with Crippen LogP contribution in [-0.4, -0.2) is 7.05 Å². The summed E-state index contributed by atoms with van der Waals surface area (Å²) >= 11 is 0. The summed E-state index contributed by atoms with van der Waals surface area (Å²) in [7, 11) is 2.04. The smallest absolute Gasteiger partial charge is 0.265 e. The zero-order chi connectivity index (χ0) is 23.0. The third-order valence-corrected chi connectivity index (χ3v) is 5.56. The van der Waals surface area contributed by atoms with Crippen molar-refractivity contribution in [2.24, 2.45) is 0 Å². The zero-order valence-electron chi connectivity index (χ0n) is 18.3. The lowest BCUT2D eigenvalue weighted by Gasteiger charge is -2.25. The van der Waals surface area contributed by atoms with Crippen LogP contribution in [0, 0.1) is 17.9 Å². The molecule has 0 bridgehead atoms. The molecule has 0 N–H and O–H groups in total. The third kappa shape index (κ3) is 5.21. The van der Waals surface area contributed by atoms with Crippen LogP contribution in [0.3, 0.4) is 0 Å². The molecule has 4 nitrogen and oxygen atoms in total. The Morgan fingerprint density at radius 2 is 1.61 bits per heavy atom. The number of anilines is 2. The molecule has 0 aromatic heterocycles. The Morgan fingerprint density at radius 1 is 0.970 bits per heavy atom. The highest BCUT2D eigenvalue weighted by Crippen LogP contribution is 2.35. The first-order valence-electron chi connectivity index (χ1n) is 10.7. The minimum Gasteiger partial charge on any atom is -0.485 e. The Morgan fingerprint density at radius 3 is 2.24 bits per heavy atom. The van der Waals surface area contributed by atoms with Gasteiger partial charge in [-0.15, -0.1) is 0 Å². The van der Waals surface area contributed by atoms with Gasteiger partial charge in [0.1, 0.15) is 11.9 Å². The maximum atomic E-state index is 9.37. The maximum absolute atomic E-state index is 9.37. The van der Waals surface area contributed by atoms with Crippen LogP contribution in [0.25, 0.3) is 10.9 Å². The van der Waals surface area contributed by atoms with Crippen LogP contribution in [0.15, 0.2) is 114 Å². The van der Waals surface area contributed by atoms with Gasteiger partial charge in [-0.25, -0.2) is 10.1 Å². The molecule has 0 aliphatic carbocycles. The highest BCUT2D eigenvalue weighted by molar-refractivity contribution is 5.65. The monoisotopic (exact) mass is 429 g/mol. The summed E-state index contributed by atoms with van der Waals surface area (Å²) in [6.07, 6.45) is 5.92. The van der Waals surface area contributed by atoms with E-state index in [4.69, 9.17) is 11.3 Å². The normalized spacial score (nSPS) is 16.8. The van der Waals surface area contributed by atoms with Crippen LogP contribution in [0.2, 0.25) is 0 Å². The van der Waals surface area contributed by atoms with Gasteiger partial charge < -0.3 is 9.64 Å². The van der Waals surface area contributed by atoms with Crippen molar-refractivity contribution in [3.8, 4) is 6.07 Å². The Kier molecular flexibility index (Phi) is 6.69. The van der Waals surface area contributed by atoms with Gasteiger partial charge in [-0.2, -0.15) is 0 Å². The molecule has 0 fully saturated rings. The Bertz CT molecular complexity index is 1260. The Balaban J connectivity index is 1.56. The molecular formula is C29H23N3O. The lowest BCUT2D eigenvalue weighted by atomic mass is 9.97. The Labute approximate surface area is 194 Å². The molecule has 1 aliphatic heterocycles. The number of para-hydroxylation sites is 1. The predicted octanol–water partition coefficient (Wildman–Crippen LogP) is 7.21. The summed E-state index contributed by atoms with van der Waals surface area (Å²) in [6.45, 7) is 7.34. The van der Waals surface area contributed by atoms with E-state index >= 15 is 0 Å². The molecule has 1 heterocycles. The van der Waals surface area contributed by atoms with Crippen molar-refractivity contribution in [1.29, 1.82) is 5.26 Å². The van der Waals surface area contributed by atoms with Gasteiger partial charge in [0.2, 0.25) is 0 Å². The largest absolute Gasteiger partial charge is 0.485 e. The van der Waals surface area contributed by atoms with E-state index in [2.05, 4.69) is 46.1 Å². The first kappa shape index (κ1) is 21.7. The molecule has 0 saturated carbocycles. The first-order chi connectivity index (χ1) is 16.2. The van der Waals surface area contributed by atoms with Crippen LogP contribution in [0.4, 0.5) is 11.4 Å². The van der Waals surface area contributed by atoms with Gasteiger partial charge in [-0.05, 0) is 53.1 Å². The van der Waals surface area contributed by atoms with Crippen molar-refractivity contribution >= 4 is 17.5 Å². The summed E-state index contributed by atoms with van der Waals surface area (Å²) in [5.74, 6) is 0.631. The molecule has 3 aromatic carbocycles. The van der Waals surface area contributed by atoms with Gasteiger partial charge in [-0.3, -0.25) is 0 Å². The fourth-order valence-corrected chi connectivity index (χ4v) is 3.73. The van der Waals surface area contributed by atoms with E-state index in [1.807, 2.05) is 73.8 Å². The summed E-state index contributed by atoms with van der Waals surface area (Å²) < 4.78 is 6.20. The number of allylic oxidation sites excluding steroid dienone is 3. The second-order valence-electron chi connectivity index (χ2n) is 7.68. The second-order valence-corrected chi connectivity index (χ2v) is 7.68. The van der Waals surface area contributed by atoms with Crippen molar-refractivity contribution in [3.05, 3.63) is 137 Å². The Hall–Kier alpha value is -4.54. The van der Waals surface area contributed by atoms with Gasteiger partial charge in [0.25, 0.3) is 5.70 Å². The SMILES string of the molecule is [C-]#[N+]C(C#N)=C1C=C(C=Cc2ccc(N(C)c3ccccc3)cc2)OC(c2ccccc2)C1. The van der Waals surface area contributed by atoms with Crippen molar-refractivity contribution < 1.29 is 4.74 Å². The summed E-state index contributed by atoms with van der Waals surface area (Å²) in [6, 6.07) is 30.4. The van der Waals surface area contributed by atoms with E-state index in [0.29, 0.717) is 17.8 Å². The van der Waals surface area contributed by atoms with E-state index in [1.165, 1.54) is 0 Å². The van der Waals surface area contributed by atoms with Crippen LogP contribution in [0.5, 0.6) is 0 Å².